The summed E-state index contributed by atoms with van der Waals surface area (Å²) in [6.45, 7) is 5.68. The number of hydrogen-bond acceptors (Lipinski definition) is 2. The lowest BCUT2D eigenvalue weighted by molar-refractivity contribution is 0.268. The Morgan fingerprint density at radius 2 is 2.11 bits per heavy atom. The molecule has 3 rings (SSSR count). The van der Waals surface area contributed by atoms with E-state index in [1.165, 1.54) is 23.1 Å². The lowest BCUT2D eigenvalue weighted by Crippen LogP contribution is -2.30. The number of benzene rings is 1. The average Bonchev–Trinajstić information content (AvgIpc) is 2.91. The minimum Gasteiger partial charge on any atom is -0.305 e. The summed E-state index contributed by atoms with van der Waals surface area (Å²) in [5.74, 6) is 0. The molecule has 94 valence electrons. The SMILES string of the molecule is CC1(C)Cc2ccccc2C1NCc1ccsc1. The van der Waals surface area contributed by atoms with Gasteiger partial charge in [0.15, 0.2) is 0 Å². The second-order valence-electron chi connectivity index (χ2n) is 5.81. The van der Waals surface area contributed by atoms with Crippen molar-refractivity contribution in [2.75, 3.05) is 0 Å². The van der Waals surface area contributed by atoms with E-state index in [1.807, 2.05) is 0 Å². The van der Waals surface area contributed by atoms with Gasteiger partial charge in [-0.3, -0.25) is 0 Å². The van der Waals surface area contributed by atoms with Crippen molar-refractivity contribution in [3.63, 3.8) is 0 Å². The molecular formula is C16H19NS. The average molecular weight is 257 g/mol. The van der Waals surface area contributed by atoms with Crippen molar-refractivity contribution in [1.29, 1.82) is 0 Å². The van der Waals surface area contributed by atoms with E-state index in [9.17, 15) is 0 Å². The maximum Gasteiger partial charge on any atom is 0.0380 e. The smallest absolute Gasteiger partial charge is 0.0380 e. The van der Waals surface area contributed by atoms with Crippen molar-refractivity contribution < 1.29 is 0 Å². The Morgan fingerprint density at radius 1 is 1.28 bits per heavy atom. The predicted molar refractivity (Wildman–Crippen MR) is 77.8 cm³/mol. The Bertz CT molecular complexity index is 528. The number of rotatable bonds is 3. The maximum atomic E-state index is 3.74. The third kappa shape index (κ3) is 2.11. The first-order valence-corrected chi connectivity index (χ1v) is 7.43. The molecule has 1 aliphatic rings. The van der Waals surface area contributed by atoms with Crippen molar-refractivity contribution in [2.24, 2.45) is 5.41 Å². The predicted octanol–water partition coefficient (Wildman–Crippen LogP) is 4.16. The highest BCUT2D eigenvalue weighted by Gasteiger charge is 2.38. The summed E-state index contributed by atoms with van der Waals surface area (Å²) in [5, 5.41) is 8.10. The minimum atomic E-state index is 0.305. The molecule has 1 N–H and O–H groups in total. The summed E-state index contributed by atoms with van der Waals surface area (Å²) in [7, 11) is 0. The Balaban J connectivity index is 1.81. The fourth-order valence-electron chi connectivity index (χ4n) is 2.99. The van der Waals surface area contributed by atoms with Crippen LogP contribution in [0.5, 0.6) is 0 Å². The molecule has 0 fully saturated rings. The van der Waals surface area contributed by atoms with Crippen molar-refractivity contribution in [3.05, 3.63) is 57.8 Å². The van der Waals surface area contributed by atoms with Gasteiger partial charge < -0.3 is 5.32 Å². The molecule has 0 amide bonds. The third-order valence-corrected chi connectivity index (χ3v) is 4.62. The second-order valence-corrected chi connectivity index (χ2v) is 6.59. The van der Waals surface area contributed by atoms with Gasteiger partial charge in [0, 0.05) is 12.6 Å². The van der Waals surface area contributed by atoms with Crippen molar-refractivity contribution in [2.45, 2.75) is 32.9 Å². The van der Waals surface area contributed by atoms with Crippen LogP contribution in [-0.2, 0) is 13.0 Å². The Morgan fingerprint density at radius 3 is 2.89 bits per heavy atom. The van der Waals surface area contributed by atoms with E-state index in [4.69, 9.17) is 0 Å². The van der Waals surface area contributed by atoms with Crippen LogP contribution < -0.4 is 5.32 Å². The molecule has 0 spiro atoms. The van der Waals surface area contributed by atoms with Gasteiger partial charge in [0.05, 0.1) is 0 Å². The summed E-state index contributed by atoms with van der Waals surface area (Å²) in [4.78, 5) is 0. The highest BCUT2D eigenvalue weighted by molar-refractivity contribution is 7.07. The molecule has 0 radical (unpaired) electrons. The summed E-state index contributed by atoms with van der Waals surface area (Å²) in [5.41, 5.74) is 4.68. The second kappa shape index (κ2) is 4.52. The first kappa shape index (κ1) is 11.9. The van der Waals surface area contributed by atoms with Gasteiger partial charge in [-0.05, 0) is 45.4 Å². The van der Waals surface area contributed by atoms with Gasteiger partial charge >= 0.3 is 0 Å². The molecule has 0 saturated carbocycles. The monoisotopic (exact) mass is 257 g/mol. The van der Waals surface area contributed by atoms with Gasteiger partial charge in [0.2, 0.25) is 0 Å². The minimum absolute atomic E-state index is 0.305. The first-order chi connectivity index (χ1) is 8.67. The molecule has 1 aromatic heterocycles. The number of fused-ring (bicyclic) bond motifs is 1. The van der Waals surface area contributed by atoms with Crippen LogP contribution >= 0.6 is 11.3 Å². The van der Waals surface area contributed by atoms with E-state index >= 15 is 0 Å². The molecular weight excluding hydrogens is 238 g/mol. The molecule has 1 heterocycles. The summed E-state index contributed by atoms with van der Waals surface area (Å²) in [6, 6.07) is 11.5. The summed E-state index contributed by atoms with van der Waals surface area (Å²) >= 11 is 1.77. The van der Waals surface area contributed by atoms with Crippen LogP contribution in [0.2, 0.25) is 0 Å². The maximum absolute atomic E-state index is 3.74. The van der Waals surface area contributed by atoms with Crippen LogP contribution in [0.1, 0.15) is 36.6 Å². The van der Waals surface area contributed by atoms with E-state index < -0.39 is 0 Å². The van der Waals surface area contributed by atoms with Crippen molar-refractivity contribution in [1.82, 2.24) is 5.32 Å². The molecule has 2 aromatic rings. The zero-order valence-corrected chi connectivity index (χ0v) is 11.8. The van der Waals surface area contributed by atoms with Crippen LogP contribution in [0.15, 0.2) is 41.1 Å². The van der Waals surface area contributed by atoms with E-state index in [1.54, 1.807) is 11.3 Å². The van der Waals surface area contributed by atoms with Gasteiger partial charge in [-0.15, -0.1) is 0 Å². The lowest BCUT2D eigenvalue weighted by Gasteiger charge is -2.28. The molecule has 1 atom stereocenters. The number of nitrogens with one attached hydrogen (secondary N) is 1. The Kier molecular flexibility index (Phi) is 3.00. The van der Waals surface area contributed by atoms with Crippen LogP contribution in [0.4, 0.5) is 0 Å². The summed E-state index contributed by atoms with van der Waals surface area (Å²) < 4.78 is 0. The van der Waals surface area contributed by atoms with Crippen LogP contribution in [0.25, 0.3) is 0 Å². The highest BCUT2D eigenvalue weighted by atomic mass is 32.1. The van der Waals surface area contributed by atoms with E-state index in [-0.39, 0.29) is 0 Å². The molecule has 1 nitrogen and oxygen atoms in total. The Hall–Kier alpha value is -1.12. The fourth-order valence-corrected chi connectivity index (χ4v) is 3.66. The number of thiophene rings is 1. The lowest BCUT2D eigenvalue weighted by atomic mass is 9.85. The largest absolute Gasteiger partial charge is 0.305 e. The van der Waals surface area contributed by atoms with Crippen LogP contribution in [0.3, 0.4) is 0 Å². The van der Waals surface area contributed by atoms with Crippen LogP contribution in [-0.4, -0.2) is 0 Å². The number of hydrogen-bond donors (Lipinski definition) is 1. The van der Waals surface area contributed by atoms with Gasteiger partial charge in [0.1, 0.15) is 0 Å². The standard InChI is InChI=1S/C16H19NS/c1-16(2)9-13-5-3-4-6-14(13)15(16)17-10-12-7-8-18-11-12/h3-8,11,15,17H,9-10H2,1-2H3. The van der Waals surface area contributed by atoms with Crippen LogP contribution in [0, 0.1) is 5.41 Å². The first-order valence-electron chi connectivity index (χ1n) is 6.49. The molecule has 18 heavy (non-hydrogen) atoms. The molecule has 0 saturated heterocycles. The topological polar surface area (TPSA) is 12.0 Å². The van der Waals surface area contributed by atoms with E-state index in [2.05, 4.69) is 60.3 Å². The fraction of sp³-hybridized carbons (Fsp3) is 0.375. The molecule has 0 aliphatic heterocycles. The van der Waals surface area contributed by atoms with E-state index in [0.717, 1.165) is 6.54 Å². The highest BCUT2D eigenvalue weighted by Crippen LogP contribution is 2.45. The van der Waals surface area contributed by atoms with Crippen molar-refractivity contribution in [3.8, 4) is 0 Å². The van der Waals surface area contributed by atoms with Crippen molar-refractivity contribution >= 4 is 11.3 Å². The quantitative estimate of drug-likeness (QED) is 0.870. The zero-order chi connectivity index (χ0) is 12.6. The molecule has 1 aromatic carbocycles. The molecule has 0 bridgehead atoms. The third-order valence-electron chi connectivity index (χ3n) is 3.88. The van der Waals surface area contributed by atoms with Gasteiger partial charge in [-0.25, -0.2) is 0 Å². The zero-order valence-electron chi connectivity index (χ0n) is 10.9. The van der Waals surface area contributed by atoms with Gasteiger partial charge in [-0.2, -0.15) is 11.3 Å². The molecule has 2 heteroatoms. The Labute approximate surface area is 113 Å². The molecule has 1 aliphatic carbocycles. The van der Waals surface area contributed by atoms with Gasteiger partial charge in [-0.1, -0.05) is 38.1 Å². The summed E-state index contributed by atoms with van der Waals surface area (Å²) in [6.07, 6.45) is 1.17. The molecule has 1 unspecified atom stereocenters. The van der Waals surface area contributed by atoms with E-state index in [0.29, 0.717) is 11.5 Å². The van der Waals surface area contributed by atoms with Gasteiger partial charge in [0.25, 0.3) is 0 Å². The normalized spacial score (nSPS) is 20.9.